The number of benzene rings is 2. The fourth-order valence-corrected chi connectivity index (χ4v) is 4.49. The molecule has 0 aromatic heterocycles. The van der Waals surface area contributed by atoms with E-state index in [-0.39, 0.29) is 11.6 Å². The van der Waals surface area contributed by atoms with E-state index in [0.717, 1.165) is 12.1 Å². The largest absolute Gasteiger partial charge is 0.297 e. The molecule has 1 fully saturated rings. The maximum atomic E-state index is 13.0. The molecule has 0 unspecified atom stereocenters. The van der Waals surface area contributed by atoms with Crippen LogP contribution in [0.15, 0.2) is 60.7 Å². The molecule has 0 atom stereocenters. The van der Waals surface area contributed by atoms with E-state index in [1.54, 1.807) is 0 Å². The maximum Gasteiger partial charge on any atom is 0.218 e. The average Bonchev–Trinajstić information content (AvgIpc) is 2.65. The van der Waals surface area contributed by atoms with Gasteiger partial charge in [-0.25, -0.2) is 12.8 Å². The minimum atomic E-state index is -3.37. The molecular formula is C20H23FN2O2S. The van der Waals surface area contributed by atoms with Gasteiger partial charge in [0.25, 0.3) is 0 Å². The molecule has 0 aliphatic carbocycles. The molecule has 0 spiro atoms. The van der Waals surface area contributed by atoms with E-state index in [1.165, 1.54) is 28.6 Å². The van der Waals surface area contributed by atoms with Gasteiger partial charge >= 0.3 is 0 Å². The second kappa shape index (κ2) is 8.58. The lowest BCUT2D eigenvalue weighted by atomic mass is 10.2. The lowest BCUT2D eigenvalue weighted by Crippen LogP contribution is -2.48. The first kappa shape index (κ1) is 18.8. The zero-order valence-electron chi connectivity index (χ0n) is 14.6. The molecule has 2 aromatic carbocycles. The van der Waals surface area contributed by atoms with Crippen molar-refractivity contribution in [3.05, 3.63) is 77.6 Å². The molecule has 0 saturated carbocycles. The van der Waals surface area contributed by atoms with Crippen LogP contribution in [0.5, 0.6) is 0 Å². The first-order chi connectivity index (χ1) is 12.5. The summed E-state index contributed by atoms with van der Waals surface area (Å²) in [6, 6.07) is 15.7. The monoisotopic (exact) mass is 374 g/mol. The van der Waals surface area contributed by atoms with Crippen LogP contribution in [-0.4, -0.2) is 50.3 Å². The summed E-state index contributed by atoms with van der Waals surface area (Å²) in [5, 5.41) is 0. The number of rotatable bonds is 6. The Morgan fingerprint density at radius 2 is 1.58 bits per heavy atom. The Morgan fingerprint density at radius 3 is 2.23 bits per heavy atom. The van der Waals surface area contributed by atoms with E-state index < -0.39 is 10.0 Å². The molecule has 4 nitrogen and oxygen atoms in total. The van der Waals surface area contributed by atoms with Gasteiger partial charge in [-0.1, -0.05) is 54.6 Å². The van der Waals surface area contributed by atoms with Crippen LogP contribution < -0.4 is 0 Å². The molecule has 1 heterocycles. The van der Waals surface area contributed by atoms with Crippen LogP contribution in [0.3, 0.4) is 0 Å². The highest BCUT2D eigenvalue weighted by Crippen LogP contribution is 2.14. The lowest BCUT2D eigenvalue weighted by molar-refractivity contribution is 0.204. The van der Waals surface area contributed by atoms with Crippen molar-refractivity contribution in [3.8, 4) is 0 Å². The molecule has 2 aromatic rings. The van der Waals surface area contributed by atoms with Crippen LogP contribution >= 0.6 is 0 Å². The van der Waals surface area contributed by atoms with Crippen molar-refractivity contribution in [3.63, 3.8) is 0 Å². The van der Waals surface area contributed by atoms with E-state index in [0.29, 0.717) is 31.7 Å². The van der Waals surface area contributed by atoms with Gasteiger partial charge in [0.05, 0.1) is 5.75 Å². The molecular weight excluding hydrogens is 351 g/mol. The van der Waals surface area contributed by atoms with Crippen molar-refractivity contribution in [1.29, 1.82) is 0 Å². The molecule has 3 rings (SSSR count). The van der Waals surface area contributed by atoms with Gasteiger partial charge in [-0.2, -0.15) is 4.31 Å². The molecule has 0 amide bonds. The third kappa shape index (κ3) is 5.24. The van der Waals surface area contributed by atoms with E-state index >= 15 is 0 Å². The second-order valence-electron chi connectivity index (χ2n) is 6.40. The second-order valence-corrected chi connectivity index (χ2v) is 8.36. The van der Waals surface area contributed by atoms with Crippen LogP contribution in [0.25, 0.3) is 6.08 Å². The minimum absolute atomic E-state index is 0.0822. The Morgan fingerprint density at radius 1 is 0.923 bits per heavy atom. The van der Waals surface area contributed by atoms with Crippen molar-refractivity contribution in [2.24, 2.45) is 0 Å². The summed E-state index contributed by atoms with van der Waals surface area (Å²) in [5.41, 5.74) is 1.77. The number of nitrogens with zero attached hydrogens (tertiary/aromatic N) is 2. The summed E-state index contributed by atoms with van der Waals surface area (Å²) in [6.45, 7) is 3.20. The molecule has 1 aliphatic rings. The van der Waals surface area contributed by atoms with E-state index in [1.807, 2.05) is 18.2 Å². The van der Waals surface area contributed by atoms with Crippen LogP contribution in [0.1, 0.15) is 11.1 Å². The molecule has 138 valence electrons. The fourth-order valence-electron chi connectivity index (χ4n) is 2.97. The summed E-state index contributed by atoms with van der Waals surface area (Å²) in [7, 11) is -3.37. The number of piperazine rings is 1. The van der Waals surface area contributed by atoms with Gasteiger partial charge in [-0.05, 0) is 23.3 Å². The predicted molar refractivity (Wildman–Crippen MR) is 103 cm³/mol. The molecule has 26 heavy (non-hydrogen) atoms. The summed E-state index contributed by atoms with van der Waals surface area (Å²) in [6.07, 6.45) is 4.19. The molecule has 1 aliphatic heterocycles. The van der Waals surface area contributed by atoms with E-state index in [4.69, 9.17) is 0 Å². The van der Waals surface area contributed by atoms with Gasteiger partial charge in [-0.15, -0.1) is 0 Å². The molecule has 6 heteroatoms. The quantitative estimate of drug-likeness (QED) is 0.781. The Labute approximate surface area is 154 Å². The van der Waals surface area contributed by atoms with Crippen LogP contribution in [0.2, 0.25) is 0 Å². The highest BCUT2D eigenvalue weighted by Gasteiger charge is 2.26. The first-order valence-electron chi connectivity index (χ1n) is 8.69. The van der Waals surface area contributed by atoms with Crippen LogP contribution in [0.4, 0.5) is 4.39 Å². The number of hydrogen-bond donors (Lipinski definition) is 0. The molecule has 1 saturated heterocycles. The van der Waals surface area contributed by atoms with Gasteiger partial charge in [-0.3, -0.25) is 4.90 Å². The van der Waals surface area contributed by atoms with E-state index in [9.17, 15) is 12.8 Å². The standard InChI is InChI=1S/C20H23FN2O2S/c21-20-10-8-19(9-11-20)17-26(24,25)23-15-13-22(14-16-23)12-4-7-18-5-2-1-3-6-18/h1-11H,12-17H2/b7-4+. The molecule has 0 N–H and O–H groups in total. The number of halogens is 1. The Kier molecular flexibility index (Phi) is 6.19. The van der Waals surface area contributed by atoms with Crippen LogP contribution in [-0.2, 0) is 15.8 Å². The lowest BCUT2D eigenvalue weighted by Gasteiger charge is -2.33. The predicted octanol–water partition coefficient (Wildman–Crippen LogP) is 2.99. The first-order valence-corrected chi connectivity index (χ1v) is 10.3. The minimum Gasteiger partial charge on any atom is -0.297 e. The van der Waals surface area contributed by atoms with Crippen molar-refractivity contribution in [2.75, 3.05) is 32.7 Å². The Bertz CT molecular complexity index is 828. The van der Waals surface area contributed by atoms with Gasteiger partial charge in [0, 0.05) is 32.7 Å². The van der Waals surface area contributed by atoms with Crippen molar-refractivity contribution < 1.29 is 12.8 Å². The van der Waals surface area contributed by atoms with Gasteiger partial charge < -0.3 is 0 Å². The van der Waals surface area contributed by atoms with Gasteiger partial charge in [0.1, 0.15) is 5.82 Å². The van der Waals surface area contributed by atoms with E-state index in [2.05, 4.69) is 29.2 Å². The normalized spacial score (nSPS) is 17.0. The van der Waals surface area contributed by atoms with Crippen LogP contribution in [0, 0.1) is 5.82 Å². The zero-order valence-corrected chi connectivity index (χ0v) is 15.4. The summed E-state index contributed by atoms with van der Waals surface area (Å²) in [4.78, 5) is 2.24. The Hall–Kier alpha value is -2.02. The van der Waals surface area contributed by atoms with Gasteiger partial charge in [0.2, 0.25) is 10.0 Å². The van der Waals surface area contributed by atoms with Gasteiger partial charge in [0.15, 0.2) is 0 Å². The molecule has 0 bridgehead atoms. The fraction of sp³-hybridized carbons (Fsp3) is 0.300. The third-order valence-electron chi connectivity index (χ3n) is 4.46. The smallest absolute Gasteiger partial charge is 0.218 e. The maximum absolute atomic E-state index is 13.0. The highest BCUT2D eigenvalue weighted by atomic mass is 32.2. The summed E-state index contributed by atoms with van der Waals surface area (Å²) < 4.78 is 39.6. The highest BCUT2D eigenvalue weighted by molar-refractivity contribution is 7.88. The van der Waals surface area contributed by atoms with Crippen molar-refractivity contribution >= 4 is 16.1 Å². The summed E-state index contributed by atoms with van der Waals surface area (Å²) in [5.74, 6) is -0.440. The van der Waals surface area contributed by atoms with Crippen molar-refractivity contribution in [2.45, 2.75) is 5.75 Å². The topological polar surface area (TPSA) is 40.6 Å². The van der Waals surface area contributed by atoms with Crippen molar-refractivity contribution in [1.82, 2.24) is 9.21 Å². The molecule has 0 radical (unpaired) electrons. The average molecular weight is 374 g/mol. The summed E-state index contributed by atoms with van der Waals surface area (Å²) >= 11 is 0. The number of hydrogen-bond acceptors (Lipinski definition) is 3. The third-order valence-corrected chi connectivity index (χ3v) is 6.31. The number of sulfonamides is 1. The zero-order chi connectivity index (χ0) is 18.4. The Balaban J connectivity index is 1.49. The SMILES string of the molecule is O=S(=O)(Cc1ccc(F)cc1)N1CCN(C/C=C/c2ccccc2)CC1.